The number of rotatable bonds is 2. The van der Waals surface area contributed by atoms with E-state index in [1.54, 1.807) is 12.7 Å². The number of benzene rings is 2. The van der Waals surface area contributed by atoms with Crippen LogP contribution in [0.1, 0.15) is 11.6 Å². The number of hydrogen-bond acceptors (Lipinski definition) is 5. The summed E-state index contributed by atoms with van der Waals surface area (Å²) in [4.78, 5) is 18.4. The van der Waals surface area contributed by atoms with Crippen LogP contribution < -0.4 is 10.2 Å². The number of imidazole rings is 1. The summed E-state index contributed by atoms with van der Waals surface area (Å²) >= 11 is 0. The molecular formula is C19H16N6. The van der Waals surface area contributed by atoms with Gasteiger partial charge in [0, 0.05) is 6.54 Å². The summed E-state index contributed by atoms with van der Waals surface area (Å²) < 4.78 is 0. The van der Waals surface area contributed by atoms with Crippen molar-refractivity contribution in [1.29, 1.82) is 0 Å². The highest BCUT2D eigenvalue weighted by molar-refractivity contribution is 5.89. The molecule has 6 heteroatoms. The van der Waals surface area contributed by atoms with E-state index < -0.39 is 0 Å². The van der Waals surface area contributed by atoms with E-state index in [2.05, 4.69) is 66.6 Å². The second-order valence-electron chi connectivity index (χ2n) is 6.03. The van der Waals surface area contributed by atoms with Gasteiger partial charge in [-0.25, -0.2) is 15.0 Å². The standard InChI is InChI=1S/C19H16N6/c1-2-6-13(7-3-1)15-10-25(16-9-5-4-8-14(16)24-15)19-17-18(21-11-20-17)22-12-23-19/h1-9,11-12,15,24H,10H2,(H,20,21,22,23). The molecule has 0 aliphatic carbocycles. The zero-order chi connectivity index (χ0) is 16.6. The Kier molecular flexibility index (Phi) is 3.13. The van der Waals surface area contributed by atoms with Crippen LogP contribution in [-0.4, -0.2) is 26.5 Å². The molecule has 0 spiro atoms. The van der Waals surface area contributed by atoms with Crippen molar-refractivity contribution < 1.29 is 0 Å². The third-order valence-electron chi connectivity index (χ3n) is 4.55. The van der Waals surface area contributed by atoms with Gasteiger partial charge in [-0.15, -0.1) is 0 Å². The number of aromatic amines is 1. The van der Waals surface area contributed by atoms with E-state index in [0.717, 1.165) is 29.3 Å². The van der Waals surface area contributed by atoms with Crippen molar-refractivity contribution in [2.24, 2.45) is 0 Å². The quantitative estimate of drug-likeness (QED) is 0.588. The van der Waals surface area contributed by atoms with Crippen LogP contribution >= 0.6 is 0 Å². The molecule has 0 saturated heterocycles. The third-order valence-corrected chi connectivity index (χ3v) is 4.55. The van der Waals surface area contributed by atoms with Crippen LogP contribution in [0.4, 0.5) is 17.2 Å². The van der Waals surface area contributed by atoms with E-state index in [0.29, 0.717) is 5.65 Å². The van der Waals surface area contributed by atoms with Crippen molar-refractivity contribution >= 4 is 28.4 Å². The Morgan fingerprint density at radius 3 is 2.68 bits per heavy atom. The predicted molar refractivity (Wildman–Crippen MR) is 97.9 cm³/mol. The largest absolute Gasteiger partial charge is 0.375 e. The smallest absolute Gasteiger partial charge is 0.182 e. The fourth-order valence-corrected chi connectivity index (χ4v) is 3.38. The minimum absolute atomic E-state index is 0.170. The molecule has 0 amide bonds. The van der Waals surface area contributed by atoms with Crippen molar-refractivity contribution in [2.75, 3.05) is 16.8 Å². The van der Waals surface area contributed by atoms with Gasteiger partial charge in [0.2, 0.25) is 0 Å². The van der Waals surface area contributed by atoms with Crippen LogP contribution in [-0.2, 0) is 0 Å². The second kappa shape index (κ2) is 5.59. The number of H-pyrrole nitrogens is 1. The summed E-state index contributed by atoms with van der Waals surface area (Å²) in [5.74, 6) is 0.845. The molecule has 0 radical (unpaired) electrons. The van der Waals surface area contributed by atoms with Gasteiger partial charge in [-0.05, 0) is 17.7 Å². The molecule has 25 heavy (non-hydrogen) atoms. The van der Waals surface area contributed by atoms with Crippen LogP contribution in [0, 0.1) is 0 Å². The van der Waals surface area contributed by atoms with Crippen LogP contribution in [0.3, 0.4) is 0 Å². The van der Waals surface area contributed by atoms with Gasteiger partial charge < -0.3 is 15.2 Å². The van der Waals surface area contributed by atoms with Gasteiger partial charge >= 0.3 is 0 Å². The monoisotopic (exact) mass is 328 g/mol. The number of fused-ring (bicyclic) bond motifs is 2. The van der Waals surface area contributed by atoms with E-state index in [1.165, 1.54) is 5.56 Å². The van der Waals surface area contributed by atoms with Gasteiger partial charge in [0.05, 0.1) is 23.7 Å². The van der Waals surface area contributed by atoms with Gasteiger partial charge in [0.1, 0.15) is 11.8 Å². The van der Waals surface area contributed by atoms with Gasteiger partial charge in [-0.1, -0.05) is 42.5 Å². The number of nitrogens with one attached hydrogen (secondary N) is 2. The Labute approximate surface area is 144 Å². The highest BCUT2D eigenvalue weighted by Gasteiger charge is 2.28. The van der Waals surface area contributed by atoms with E-state index in [1.807, 2.05) is 18.2 Å². The average Bonchev–Trinajstić information content (AvgIpc) is 3.17. The Morgan fingerprint density at radius 1 is 0.920 bits per heavy atom. The van der Waals surface area contributed by atoms with Gasteiger partial charge in [-0.2, -0.15) is 0 Å². The molecule has 4 aromatic rings. The fourth-order valence-electron chi connectivity index (χ4n) is 3.38. The molecule has 1 aliphatic heterocycles. The molecule has 2 N–H and O–H groups in total. The molecule has 1 aliphatic rings. The molecule has 1 unspecified atom stereocenters. The van der Waals surface area contributed by atoms with Gasteiger partial charge in [0.25, 0.3) is 0 Å². The van der Waals surface area contributed by atoms with Crippen LogP contribution in [0.5, 0.6) is 0 Å². The molecule has 3 heterocycles. The molecule has 5 rings (SSSR count). The summed E-state index contributed by atoms with van der Waals surface area (Å²) in [6.45, 7) is 0.770. The molecule has 0 saturated carbocycles. The molecule has 6 nitrogen and oxygen atoms in total. The predicted octanol–water partition coefficient (Wildman–Crippen LogP) is 3.66. The van der Waals surface area contributed by atoms with E-state index in [4.69, 9.17) is 0 Å². The first-order valence-electron chi connectivity index (χ1n) is 8.22. The van der Waals surface area contributed by atoms with Crippen molar-refractivity contribution in [1.82, 2.24) is 19.9 Å². The lowest BCUT2D eigenvalue weighted by molar-refractivity contribution is 0.740. The topological polar surface area (TPSA) is 69.7 Å². The third kappa shape index (κ3) is 2.30. The first kappa shape index (κ1) is 14.0. The average molecular weight is 328 g/mol. The molecular weight excluding hydrogens is 312 g/mol. The number of para-hydroxylation sites is 2. The van der Waals surface area contributed by atoms with E-state index >= 15 is 0 Å². The van der Waals surface area contributed by atoms with Crippen molar-refractivity contribution in [3.63, 3.8) is 0 Å². The lowest BCUT2D eigenvalue weighted by Crippen LogP contribution is -2.34. The number of nitrogens with zero attached hydrogens (tertiary/aromatic N) is 4. The van der Waals surface area contributed by atoms with Crippen molar-refractivity contribution in [3.8, 4) is 0 Å². The molecule has 0 bridgehead atoms. The van der Waals surface area contributed by atoms with Crippen LogP contribution in [0.25, 0.3) is 11.2 Å². The fraction of sp³-hybridized carbons (Fsp3) is 0.105. The molecule has 2 aromatic carbocycles. The number of aromatic nitrogens is 4. The zero-order valence-electron chi connectivity index (χ0n) is 13.4. The van der Waals surface area contributed by atoms with Gasteiger partial charge in [-0.3, -0.25) is 0 Å². The molecule has 2 aromatic heterocycles. The summed E-state index contributed by atoms with van der Waals surface area (Å²) in [7, 11) is 0. The Bertz CT molecular complexity index is 1030. The Balaban J connectivity index is 1.66. The first-order chi connectivity index (χ1) is 12.4. The minimum Gasteiger partial charge on any atom is -0.375 e. The first-order valence-corrected chi connectivity index (χ1v) is 8.22. The lowest BCUT2D eigenvalue weighted by Gasteiger charge is -2.36. The Hall–Kier alpha value is -3.41. The molecule has 1 atom stereocenters. The number of anilines is 3. The SMILES string of the molecule is c1ccc(C2CN(c3ncnc4nc[nH]c34)c3ccccc3N2)cc1. The molecule has 0 fully saturated rings. The summed E-state index contributed by atoms with van der Waals surface area (Å²) in [6.07, 6.45) is 3.23. The summed E-state index contributed by atoms with van der Waals surface area (Å²) in [5, 5.41) is 3.64. The highest BCUT2D eigenvalue weighted by Crippen LogP contribution is 2.40. The Morgan fingerprint density at radius 2 is 1.76 bits per heavy atom. The maximum atomic E-state index is 4.55. The molecule has 122 valence electrons. The van der Waals surface area contributed by atoms with E-state index in [9.17, 15) is 0 Å². The normalized spacial score (nSPS) is 16.5. The van der Waals surface area contributed by atoms with Crippen LogP contribution in [0.2, 0.25) is 0 Å². The summed E-state index contributed by atoms with van der Waals surface area (Å²) in [5.41, 5.74) is 4.97. The van der Waals surface area contributed by atoms with Gasteiger partial charge in [0.15, 0.2) is 11.5 Å². The maximum absolute atomic E-state index is 4.55. The van der Waals surface area contributed by atoms with Crippen molar-refractivity contribution in [3.05, 3.63) is 72.8 Å². The lowest BCUT2D eigenvalue weighted by atomic mass is 10.0. The second-order valence-corrected chi connectivity index (χ2v) is 6.03. The van der Waals surface area contributed by atoms with Crippen LogP contribution in [0.15, 0.2) is 67.3 Å². The maximum Gasteiger partial charge on any atom is 0.182 e. The summed E-state index contributed by atoms with van der Waals surface area (Å²) in [6, 6.07) is 18.9. The zero-order valence-corrected chi connectivity index (χ0v) is 13.4. The minimum atomic E-state index is 0.170. The highest BCUT2D eigenvalue weighted by atomic mass is 15.3. The van der Waals surface area contributed by atoms with Crippen molar-refractivity contribution in [2.45, 2.75) is 6.04 Å². The number of hydrogen-bond donors (Lipinski definition) is 2. The van der Waals surface area contributed by atoms with E-state index in [-0.39, 0.29) is 6.04 Å².